The lowest BCUT2D eigenvalue weighted by Gasteiger charge is -2.23. The van der Waals surface area contributed by atoms with Crippen molar-refractivity contribution in [2.45, 2.75) is 39.0 Å². The van der Waals surface area contributed by atoms with Crippen molar-refractivity contribution < 1.29 is 9.90 Å². The van der Waals surface area contributed by atoms with E-state index in [-0.39, 0.29) is 10.8 Å². The zero-order valence-electron chi connectivity index (χ0n) is 6.89. The van der Waals surface area contributed by atoms with Gasteiger partial charge in [-0.25, -0.2) is 0 Å². The third-order valence-electron chi connectivity index (χ3n) is 3.71. The predicted molar refractivity (Wildman–Crippen MR) is 41.3 cm³/mol. The zero-order valence-corrected chi connectivity index (χ0v) is 6.89. The van der Waals surface area contributed by atoms with Gasteiger partial charge in [-0.05, 0) is 24.7 Å². The van der Waals surface area contributed by atoms with Gasteiger partial charge in [0.05, 0.1) is 5.41 Å². The summed E-state index contributed by atoms with van der Waals surface area (Å²) in [5.74, 6) is -0.556. The highest BCUT2D eigenvalue weighted by Crippen LogP contribution is 2.71. The fourth-order valence-electron chi connectivity index (χ4n) is 2.72. The molecular formula is C9H14O2. The molecule has 1 N–H and O–H groups in total. The van der Waals surface area contributed by atoms with Gasteiger partial charge in [0.25, 0.3) is 0 Å². The van der Waals surface area contributed by atoms with E-state index in [2.05, 4.69) is 6.92 Å². The first-order chi connectivity index (χ1) is 5.11. The Kier molecular flexibility index (Phi) is 1.16. The average Bonchev–Trinajstić information content (AvgIpc) is 2.56. The molecule has 0 aromatic carbocycles. The Morgan fingerprint density at radius 2 is 2.00 bits per heavy atom. The maximum Gasteiger partial charge on any atom is 0.310 e. The molecule has 0 aliphatic heterocycles. The maximum atomic E-state index is 10.9. The largest absolute Gasteiger partial charge is 0.481 e. The topological polar surface area (TPSA) is 37.3 Å². The SMILES string of the molecule is CC12CCCCC1(C(=O)O)C2. The van der Waals surface area contributed by atoms with Gasteiger partial charge < -0.3 is 5.11 Å². The predicted octanol–water partition coefficient (Wildman–Crippen LogP) is 2.04. The number of fused-ring (bicyclic) bond motifs is 1. The minimum atomic E-state index is -0.556. The summed E-state index contributed by atoms with van der Waals surface area (Å²) in [7, 11) is 0. The van der Waals surface area contributed by atoms with E-state index in [4.69, 9.17) is 5.11 Å². The standard InChI is InChI=1S/C9H14O2/c1-8-4-2-3-5-9(8,6-8)7(10)11/h2-6H2,1H3,(H,10,11). The van der Waals surface area contributed by atoms with Crippen molar-refractivity contribution >= 4 is 5.97 Å². The highest BCUT2D eigenvalue weighted by atomic mass is 16.4. The molecule has 2 saturated carbocycles. The second kappa shape index (κ2) is 1.79. The minimum Gasteiger partial charge on any atom is -0.481 e. The lowest BCUT2D eigenvalue weighted by Crippen LogP contribution is -2.25. The summed E-state index contributed by atoms with van der Waals surface area (Å²) in [4.78, 5) is 10.9. The average molecular weight is 154 g/mol. The van der Waals surface area contributed by atoms with Crippen molar-refractivity contribution in [3.63, 3.8) is 0 Å². The van der Waals surface area contributed by atoms with Gasteiger partial charge in [-0.15, -0.1) is 0 Å². The van der Waals surface area contributed by atoms with E-state index in [1.807, 2.05) is 0 Å². The number of hydrogen-bond donors (Lipinski definition) is 1. The van der Waals surface area contributed by atoms with Crippen molar-refractivity contribution in [3.8, 4) is 0 Å². The molecule has 2 atom stereocenters. The molecule has 2 aliphatic carbocycles. The molecular weight excluding hydrogens is 140 g/mol. The maximum absolute atomic E-state index is 10.9. The molecule has 0 amide bonds. The lowest BCUT2D eigenvalue weighted by atomic mass is 9.81. The van der Waals surface area contributed by atoms with Crippen LogP contribution >= 0.6 is 0 Å². The monoisotopic (exact) mass is 154 g/mol. The van der Waals surface area contributed by atoms with Crippen LogP contribution in [0, 0.1) is 10.8 Å². The van der Waals surface area contributed by atoms with Gasteiger partial charge in [-0.2, -0.15) is 0 Å². The summed E-state index contributed by atoms with van der Waals surface area (Å²) < 4.78 is 0. The van der Waals surface area contributed by atoms with Gasteiger partial charge in [0.1, 0.15) is 0 Å². The molecule has 0 spiro atoms. The molecule has 0 aromatic heterocycles. The molecule has 2 rings (SSSR count). The summed E-state index contributed by atoms with van der Waals surface area (Å²) in [5, 5.41) is 9.00. The molecule has 2 nitrogen and oxygen atoms in total. The van der Waals surface area contributed by atoms with Crippen LogP contribution in [0.2, 0.25) is 0 Å². The van der Waals surface area contributed by atoms with Gasteiger partial charge in [-0.1, -0.05) is 19.8 Å². The van der Waals surface area contributed by atoms with Crippen LogP contribution in [-0.4, -0.2) is 11.1 Å². The molecule has 0 aromatic rings. The molecule has 2 heteroatoms. The molecule has 2 unspecified atom stereocenters. The third kappa shape index (κ3) is 0.700. The Bertz CT molecular complexity index is 208. The fraction of sp³-hybridized carbons (Fsp3) is 0.889. The van der Waals surface area contributed by atoms with E-state index in [1.54, 1.807) is 0 Å². The van der Waals surface area contributed by atoms with Crippen molar-refractivity contribution in [2.24, 2.45) is 10.8 Å². The van der Waals surface area contributed by atoms with E-state index in [0.717, 1.165) is 25.7 Å². The number of carboxylic acid groups (broad SMARTS) is 1. The van der Waals surface area contributed by atoms with Crippen LogP contribution in [0.4, 0.5) is 0 Å². The third-order valence-corrected chi connectivity index (χ3v) is 3.71. The van der Waals surface area contributed by atoms with Gasteiger partial charge in [0.15, 0.2) is 0 Å². The zero-order chi connectivity index (χ0) is 8.11. The quantitative estimate of drug-likeness (QED) is 0.627. The van der Waals surface area contributed by atoms with Crippen LogP contribution in [-0.2, 0) is 4.79 Å². The van der Waals surface area contributed by atoms with E-state index in [0.29, 0.717) is 0 Å². The van der Waals surface area contributed by atoms with Crippen LogP contribution in [0.5, 0.6) is 0 Å². The summed E-state index contributed by atoms with van der Waals surface area (Å²) in [6, 6.07) is 0. The number of carboxylic acids is 1. The highest BCUT2D eigenvalue weighted by molar-refractivity contribution is 5.80. The first kappa shape index (κ1) is 7.14. The number of hydrogen-bond acceptors (Lipinski definition) is 1. The molecule has 2 aliphatic rings. The van der Waals surface area contributed by atoms with Gasteiger partial charge in [0, 0.05) is 0 Å². The van der Waals surface area contributed by atoms with E-state index in [9.17, 15) is 4.79 Å². The van der Waals surface area contributed by atoms with Crippen molar-refractivity contribution in [3.05, 3.63) is 0 Å². The second-order valence-electron chi connectivity index (χ2n) is 4.33. The molecule has 0 radical (unpaired) electrons. The van der Waals surface area contributed by atoms with Crippen LogP contribution < -0.4 is 0 Å². The Labute approximate surface area is 66.6 Å². The van der Waals surface area contributed by atoms with Gasteiger partial charge in [-0.3, -0.25) is 4.79 Å². The summed E-state index contributed by atoms with van der Waals surface area (Å²) in [6.45, 7) is 2.13. The second-order valence-corrected chi connectivity index (χ2v) is 4.33. The molecule has 62 valence electrons. The summed E-state index contributed by atoms with van der Waals surface area (Å²) >= 11 is 0. The Morgan fingerprint density at radius 3 is 2.45 bits per heavy atom. The van der Waals surface area contributed by atoms with Crippen LogP contribution in [0.1, 0.15) is 39.0 Å². The van der Waals surface area contributed by atoms with E-state index < -0.39 is 5.97 Å². The lowest BCUT2D eigenvalue weighted by molar-refractivity contribution is -0.146. The van der Waals surface area contributed by atoms with Gasteiger partial charge >= 0.3 is 5.97 Å². The van der Waals surface area contributed by atoms with E-state index >= 15 is 0 Å². The van der Waals surface area contributed by atoms with Crippen molar-refractivity contribution in [2.75, 3.05) is 0 Å². The Morgan fingerprint density at radius 1 is 1.36 bits per heavy atom. The molecule has 0 heterocycles. The fourth-order valence-corrected chi connectivity index (χ4v) is 2.72. The van der Waals surface area contributed by atoms with Crippen LogP contribution in [0.3, 0.4) is 0 Å². The Balaban J connectivity index is 2.23. The first-order valence-electron chi connectivity index (χ1n) is 4.34. The van der Waals surface area contributed by atoms with Crippen molar-refractivity contribution in [1.29, 1.82) is 0 Å². The first-order valence-corrected chi connectivity index (χ1v) is 4.34. The minimum absolute atomic E-state index is 0.164. The van der Waals surface area contributed by atoms with E-state index in [1.165, 1.54) is 6.42 Å². The van der Waals surface area contributed by atoms with Crippen molar-refractivity contribution in [1.82, 2.24) is 0 Å². The van der Waals surface area contributed by atoms with Crippen LogP contribution in [0.25, 0.3) is 0 Å². The number of carbonyl (C=O) groups is 1. The molecule has 11 heavy (non-hydrogen) atoms. The van der Waals surface area contributed by atoms with Gasteiger partial charge in [0.2, 0.25) is 0 Å². The smallest absolute Gasteiger partial charge is 0.310 e. The summed E-state index contributed by atoms with van der Waals surface area (Å²) in [5.41, 5.74) is -0.137. The molecule has 0 saturated heterocycles. The normalized spacial score (nSPS) is 48.1. The van der Waals surface area contributed by atoms with Crippen LogP contribution in [0.15, 0.2) is 0 Å². The number of aliphatic carboxylic acids is 1. The highest BCUT2D eigenvalue weighted by Gasteiger charge is 2.69. The molecule has 0 bridgehead atoms. The number of rotatable bonds is 1. The summed E-state index contributed by atoms with van der Waals surface area (Å²) in [6.07, 6.45) is 5.31. The molecule has 2 fully saturated rings. The Hall–Kier alpha value is -0.530.